The quantitative estimate of drug-likeness (QED) is 0.434. The molecule has 62 valence electrons. The van der Waals surface area contributed by atoms with Crippen LogP contribution in [0.3, 0.4) is 0 Å². The molecule has 0 unspecified atom stereocenters. The van der Waals surface area contributed by atoms with Gasteiger partial charge in [0.05, 0.1) is 5.70 Å². The molecular formula is C7H13N3S. The van der Waals surface area contributed by atoms with Gasteiger partial charge in [-0.3, -0.25) is 5.14 Å². The van der Waals surface area contributed by atoms with Gasteiger partial charge >= 0.3 is 0 Å². The van der Waals surface area contributed by atoms with E-state index < -0.39 is 0 Å². The Bertz CT molecular complexity index is 202. The maximum absolute atomic E-state index is 5.53. The molecule has 0 aliphatic rings. The van der Waals surface area contributed by atoms with Crippen LogP contribution in [0.25, 0.3) is 0 Å². The van der Waals surface area contributed by atoms with Crippen LogP contribution in [0.4, 0.5) is 0 Å². The third-order valence-electron chi connectivity index (χ3n) is 1.09. The molecule has 0 aliphatic carbocycles. The molecule has 0 aliphatic heterocycles. The zero-order chi connectivity index (χ0) is 8.85. The fourth-order valence-corrected chi connectivity index (χ4v) is 0.699. The van der Waals surface area contributed by atoms with Gasteiger partial charge in [-0.05, 0) is 24.9 Å². The number of allylic oxidation sites excluding steroid dienone is 3. The molecule has 0 aromatic carbocycles. The Morgan fingerprint density at radius 3 is 2.27 bits per heavy atom. The summed E-state index contributed by atoms with van der Waals surface area (Å²) in [5.74, 6) is 0. The van der Waals surface area contributed by atoms with E-state index in [9.17, 15) is 0 Å². The van der Waals surface area contributed by atoms with E-state index in [2.05, 4.69) is 6.58 Å². The van der Waals surface area contributed by atoms with Gasteiger partial charge in [-0.1, -0.05) is 12.7 Å². The molecule has 0 aromatic heterocycles. The van der Waals surface area contributed by atoms with Crippen molar-refractivity contribution in [1.29, 1.82) is 0 Å². The van der Waals surface area contributed by atoms with E-state index in [4.69, 9.17) is 16.6 Å². The highest BCUT2D eigenvalue weighted by atomic mass is 32.2. The van der Waals surface area contributed by atoms with Gasteiger partial charge < -0.3 is 11.5 Å². The summed E-state index contributed by atoms with van der Waals surface area (Å²) in [6.07, 6.45) is 3.31. The van der Waals surface area contributed by atoms with Gasteiger partial charge in [-0.15, -0.1) is 0 Å². The van der Waals surface area contributed by atoms with Crippen molar-refractivity contribution in [2.24, 2.45) is 16.6 Å². The van der Waals surface area contributed by atoms with Crippen LogP contribution in [0.1, 0.15) is 6.92 Å². The monoisotopic (exact) mass is 171 g/mol. The summed E-state index contributed by atoms with van der Waals surface area (Å²) >= 11 is 1.09. The summed E-state index contributed by atoms with van der Waals surface area (Å²) in [5, 5.41) is 5.29. The zero-order valence-corrected chi connectivity index (χ0v) is 7.32. The predicted molar refractivity (Wildman–Crippen MR) is 51.1 cm³/mol. The van der Waals surface area contributed by atoms with E-state index in [0.717, 1.165) is 16.9 Å². The van der Waals surface area contributed by atoms with Crippen molar-refractivity contribution in [3.63, 3.8) is 0 Å². The molecule has 0 atom stereocenters. The van der Waals surface area contributed by atoms with Crippen molar-refractivity contribution in [3.8, 4) is 0 Å². The summed E-state index contributed by atoms with van der Waals surface area (Å²) < 4.78 is 0. The fourth-order valence-electron chi connectivity index (χ4n) is 0.408. The predicted octanol–water partition coefficient (Wildman–Crippen LogP) is 0.812. The first-order valence-corrected chi connectivity index (χ1v) is 3.92. The minimum absolute atomic E-state index is 0.526. The Kier molecular flexibility index (Phi) is 4.49. The fraction of sp³-hybridized carbons (Fsp3) is 0.143. The first-order valence-electron chi connectivity index (χ1n) is 3.04. The lowest BCUT2D eigenvalue weighted by Gasteiger charge is -1.98. The Labute approximate surface area is 71.1 Å². The Morgan fingerprint density at radius 2 is 2.00 bits per heavy atom. The van der Waals surface area contributed by atoms with Crippen LogP contribution in [-0.2, 0) is 0 Å². The van der Waals surface area contributed by atoms with E-state index >= 15 is 0 Å². The van der Waals surface area contributed by atoms with Crippen LogP contribution in [0.2, 0.25) is 0 Å². The molecule has 0 spiro atoms. The number of rotatable bonds is 3. The van der Waals surface area contributed by atoms with Crippen molar-refractivity contribution in [1.82, 2.24) is 0 Å². The van der Waals surface area contributed by atoms with E-state index in [1.807, 2.05) is 0 Å². The molecule has 0 bridgehead atoms. The lowest BCUT2D eigenvalue weighted by atomic mass is 10.3. The molecule has 0 saturated carbocycles. The molecule has 11 heavy (non-hydrogen) atoms. The Hall–Kier alpha value is -0.870. The largest absolute Gasteiger partial charge is 0.401 e. The first kappa shape index (κ1) is 10.1. The third kappa shape index (κ3) is 3.75. The van der Waals surface area contributed by atoms with Crippen LogP contribution in [0.15, 0.2) is 35.0 Å². The molecule has 6 N–H and O–H groups in total. The Morgan fingerprint density at radius 1 is 1.45 bits per heavy atom. The second-order valence-electron chi connectivity index (χ2n) is 2.01. The van der Waals surface area contributed by atoms with Crippen LogP contribution in [0, 0.1) is 0 Å². The first-order chi connectivity index (χ1) is 5.11. The smallest absolute Gasteiger partial charge is 0.0513 e. The van der Waals surface area contributed by atoms with Gasteiger partial charge in [0, 0.05) is 10.6 Å². The normalized spacial score (nSPS) is 14.2. The van der Waals surface area contributed by atoms with Crippen molar-refractivity contribution >= 4 is 11.9 Å². The summed E-state index contributed by atoms with van der Waals surface area (Å²) in [6, 6.07) is 0. The summed E-state index contributed by atoms with van der Waals surface area (Å²) in [4.78, 5) is 0.798. The van der Waals surface area contributed by atoms with Crippen LogP contribution < -0.4 is 16.6 Å². The Balaban J connectivity index is 4.52. The highest BCUT2D eigenvalue weighted by Gasteiger charge is 1.91. The second-order valence-corrected chi connectivity index (χ2v) is 2.71. The van der Waals surface area contributed by atoms with Crippen molar-refractivity contribution in [3.05, 3.63) is 35.0 Å². The highest BCUT2D eigenvalue weighted by Crippen LogP contribution is 2.10. The molecule has 0 heterocycles. The van der Waals surface area contributed by atoms with E-state index in [1.165, 1.54) is 0 Å². The van der Waals surface area contributed by atoms with Crippen LogP contribution >= 0.6 is 11.9 Å². The topological polar surface area (TPSA) is 78.1 Å². The lowest BCUT2D eigenvalue weighted by molar-refractivity contribution is 1.21. The molecule has 0 fully saturated rings. The van der Waals surface area contributed by atoms with Gasteiger partial charge in [0.2, 0.25) is 0 Å². The molecule has 3 nitrogen and oxygen atoms in total. The molecular weight excluding hydrogens is 158 g/mol. The SMILES string of the molecule is C=C/C(=C\C(N)=C(/C)N)SN. The van der Waals surface area contributed by atoms with Gasteiger partial charge in [-0.25, -0.2) is 0 Å². The van der Waals surface area contributed by atoms with E-state index in [1.54, 1.807) is 19.1 Å². The number of nitrogens with two attached hydrogens (primary N) is 3. The van der Waals surface area contributed by atoms with Crippen molar-refractivity contribution < 1.29 is 0 Å². The van der Waals surface area contributed by atoms with Gasteiger partial charge in [0.15, 0.2) is 0 Å². The maximum atomic E-state index is 5.53. The number of hydrogen-bond acceptors (Lipinski definition) is 4. The second kappa shape index (κ2) is 4.87. The molecule has 0 radical (unpaired) electrons. The minimum Gasteiger partial charge on any atom is -0.401 e. The number of hydrogen-bond donors (Lipinski definition) is 3. The average molecular weight is 171 g/mol. The lowest BCUT2D eigenvalue weighted by Crippen LogP contribution is -2.04. The van der Waals surface area contributed by atoms with E-state index in [-0.39, 0.29) is 0 Å². The molecule has 0 amide bonds. The standard InChI is InChI=1S/C7H13N3S/c1-3-6(11-10)4-7(9)5(2)8/h3-4H,1,8-10H2,2H3/b6-4+,7-5-. The van der Waals surface area contributed by atoms with Crippen molar-refractivity contribution in [2.75, 3.05) is 0 Å². The minimum atomic E-state index is 0.526. The van der Waals surface area contributed by atoms with E-state index in [0.29, 0.717) is 11.4 Å². The van der Waals surface area contributed by atoms with Crippen LogP contribution in [0.5, 0.6) is 0 Å². The molecule has 0 rings (SSSR count). The molecule has 0 aromatic rings. The van der Waals surface area contributed by atoms with Crippen molar-refractivity contribution in [2.45, 2.75) is 6.92 Å². The van der Waals surface area contributed by atoms with Crippen LogP contribution in [-0.4, -0.2) is 0 Å². The van der Waals surface area contributed by atoms with Gasteiger partial charge in [0.25, 0.3) is 0 Å². The van der Waals surface area contributed by atoms with Gasteiger partial charge in [0.1, 0.15) is 0 Å². The summed E-state index contributed by atoms with van der Waals surface area (Å²) in [5.41, 5.74) is 12.1. The molecule has 0 saturated heterocycles. The summed E-state index contributed by atoms with van der Waals surface area (Å²) in [6.45, 7) is 5.29. The zero-order valence-electron chi connectivity index (χ0n) is 6.50. The summed E-state index contributed by atoms with van der Waals surface area (Å²) in [7, 11) is 0. The molecule has 4 heteroatoms. The maximum Gasteiger partial charge on any atom is 0.0513 e. The average Bonchev–Trinajstić information content (AvgIpc) is 1.99. The third-order valence-corrected chi connectivity index (χ3v) is 1.65. The highest BCUT2D eigenvalue weighted by molar-refractivity contribution is 8.01. The van der Waals surface area contributed by atoms with Gasteiger partial charge in [-0.2, -0.15) is 0 Å².